The summed E-state index contributed by atoms with van der Waals surface area (Å²) in [5.74, 6) is 0.617. The second-order valence-electron chi connectivity index (χ2n) is 4.37. The summed E-state index contributed by atoms with van der Waals surface area (Å²) in [6, 6.07) is 14.1. The molecule has 0 amide bonds. The van der Waals surface area contributed by atoms with Gasteiger partial charge in [0.1, 0.15) is 29.2 Å². The van der Waals surface area contributed by atoms with Gasteiger partial charge in [-0.25, -0.2) is 0 Å². The largest absolute Gasteiger partial charge is 0.507 e. The first-order valence-electron chi connectivity index (χ1n) is 6.44. The third kappa shape index (κ3) is 3.98. The summed E-state index contributed by atoms with van der Waals surface area (Å²) in [5.41, 5.74) is 0.112. The van der Waals surface area contributed by atoms with Crippen LogP contribution in [0.3, 0.4) is 0 Å². The second kappa shape index (κ2) is 7.60. The van der Waals surface area contributed by atoms with Crippen LogP contribution in [-0.4, -0.2) is 12.2 Å². The number of nitrogens with zero attached hydrogens (tertiary/aromatic N) is 2. The lowest BCUT2D eigenvalue weighted by Gasteiger charge is -2.10. The van der Waals surface area contributed by atoms with E-state index >= 15 is 0 Å². The molecule has 23 heavy (non-hydrogen) atoms. The molecule has 0 unspecified atom stereocenters. The van der Waals surface area contributed by atoms with Gasteiger partial charge in [-0.3, -0.25) is 0 Å². The summed E-state index contributed by atoms with van der Waals surface area (Å²) < 4.78 is 5.29. The number of hydrogen-bond acceptors (Lipinski definition) is 5. The normalized spacial score (nSPS) is 9.57. The maximum absolute atomic E-state index is 10.1. The topological polar surface area (TPSA) is 77.0 Å². The summed E-state index contributed by atoms with van der Waals surface area (Å²) in [4.78, 5) is 1.59. The monoisotopic (exact) mass is 342 g/mol. The van der Waals surface area contributed by atoms with Gasteiger partial charge in [0, 0.05) is 10.5 Å². The average Bonchev–Trinajstić information content (AvgIpc) is 2.55. The van der Waals surface area contributed by atoms with E-state index in [1.165, 1.54) is 23.9 Å². The summed E-state index contributed by atoms with van der Waals surface area (Å²) in [7, 11) is 1.59. The third-order valence-electron chi connectivity index (χ3n) is 2.91. The van der Waals surface area contributed by atoms with Gasteiger partial charge in [-0.2, -0.15) is 10.5 Å². The Hall–Kier alpha value is -2.60. The second-order valence-corrected chi connectivity index (χ2v) is 5.89. The van der Waals surface area contributed by atoms with Crippen LogP contribution in [0.25, 0.3) is 6.08 Å². The minimum absolute atomic E-state index is 0.0992. The highest BCUT2D eigenvalue weighted by molar-refractivity contribution is 7.99. The van der Waals surface area contributed by atoms with Crippen LogP contribution in [-0.2, 0) is 0 Å². The standard InChI is InChI=1S/C17H11ClN2O2S/c1-22-16-4-2-3-5-17(16)23-12-7-14(18)13(15(21)8-12)6-11(9-19)10-20/h2-8,21H,1H3. The van der Waals surface area contributed by atoms with Crippen LogP contribution in [0.2, 0.25) is 5.02 Å². The molecule has 0 spiro atoms. The van der Waals surface area contributed by atoms with Gasteiger partial charge < -0.3 is 9.84 Å². The molecule has 0 aliphatic heterocycles. The molecule has 0 aliphatic carbocycles. The number of ether oxygens (including phenoxy) is 1. The molecule has 2 rings (SSSR count). The van der Waals surface area contributed by atoms with Crippen LogP contribution in [0, 0.1) is 22.7 Å². The highest BCUT2D eigenvalue weighted by atomic mass is 35.5. The van der Waals surface area contributed by atoms with E-state index in [0.717, 1.165) is 4.90 Å². The molecule has 0 heterocycles. The number of hydrogen-bond donors (Lipinski definition) is 1. The SMILES string of the molecule is COc1ccccc1Sc1cc(O)c(C=C(C#N)C#N)c(Cl)c1. The number of nitriles is 2. The van der Waals surface area contributed by atoms with Crippen LogP contribution < -0.4 is 4.74 Å². The highest BCUT2D eigenvalue weighted by Gasteiger charge is 2.11. The number of benzene rings is 2. The van der Waals surface area contributed by atoms with Crippen molar-refractivity contribution in [2.24, 2.45) is 0 Å². The molecule has 114 valence electrons. The number of halogens is 1. The number of allylic oxidation sites excluding steroid dienone is 1. The van der Waals surface area contributed by atoms with Crippen molar-refractivity contribution in [3.63, 3.8) is 0 Å². The van der Waals surface area contributed by atoms with E-state index in [1.807, 2.05) is 24.3 Å². The van der Waals surface area contributed by atoms with Gasteiger partial charge in [0.05, 0.1) is 17.0 Å². The number of methoxy groups -OCH3 is 1. The Morgan fingerprint density at radius 3 is 2.57 bits per heavy atom. The van der Waals surface area contributed by atoms with Crippen LogP contribution in [0.5, 0.6) is 11.5 Å². The van der Waals surface area contributed by atoms with Gasteiger partial charge in [0.25, 0.3) is 0 Å². The number of aromatic hydroxyl groups is 1. The first-order valence-corrected chi connectivity index (χ1v) is 7.63. The van der Waals surface area contributed by atoms with Crippen LogP contribution in [0.15, 0.2) is 51.8 Å². The Balaban J connectivity index is 2.39. The fourth-order valence-corrected chi connectivity index (χ4v) is 3.18. The molecule has 0 saturated carbocycles. The van der Waals surface area contributed by atoms with E-state index in [-0.39, 0.29) is 21.9 Å². The zero-order valence-electron chi connectivity index (χ0n) is 12.1. The van der Waals surface area contributed by atoms with Gasteiger partial charge in [0.2, 0.25) is 0 Å². The molecule has 0 bridgehead atoms. The molecule has 0 aromatic heterocycles. The average molecular weight is 343 g/mol. The van der Waals surface area contributed by atoms with Crippen LogP contribution in [0.1, 0.15) is 5.56 Å². The quantitative estimate of drug-likeness (QED) is 0.819. The van der Waals surface area contributed by atoms with Crippen molar-refractivity contribution in [3.05, 3.63) is 52.6 Å². The zero-order valence-corrected chi connectivity index (χ0v) is 13.6. The summed E-state index contributed by atoms with van der Waals surface area (Å²) in [6.07, 6.45) is 1.26. The lowest BCUT2D eigenvalue weighted by atomic mass is 10.1. The van der Waals surface area contributed by atoms with Crippen molar-refractivity contribution < 1.29 is 9.84 Å². The fourth-order valence-electron chi connectivity index (χ4n) is 1.84. The van der Waals surface area contributed by atoms with Crippen molar-refractivity contribution in [3.8, 4) is 23.6 Å². The van der Waals surface area contributed by atoms with Gasteiger partial charge in [-0.15, -0.1) is 0 Å². The Kier molecular flexibility index (Phi) is 5.54. The van der Waals surface area contributed by atoms with Crippen molar-refractivity contribution in [2.45, 2.75) is 9.79 Å². The van der Waals surface area contributed by atoms with E-state index in [0.29, 0.717) is 10.6 Å². The van der Waals surface area contributed by atoms with Gasteiger partial charge in [-0.05, 0) is 30.3 Å². The van der Waals surface area contributed by atoms with E-state index in [1.54, 1.807) is 25.3 Å². The van der Waals surface area contributed by atoms with E-state index in [9.17, 15) is 5.11 Å². The Morgan fingerprint density at radius 1 is 1.26 bits per heavy atom. The minimum atomic E-state index is -0.132. The molecule has 0 fully saturated rings. The molecule has 1 N–H and O–H groups in total. The predicted octanol–water partition coefficient (Wildman–Crippen LogP) is 4.64. The van der Waals surface area contributed by atoms with E-state index in [2.05, 4.69) is 0 Å². The summed E-state index contributed by atoms with van der Waals surface area (Å²) >= 11 is 7.55. The smallest absolute Gasteiger partial charge is 0.132 e. The molecule has 2 aromatic carbocycles. The molecule has 0 atom stereocenters. The number of phenols is 1. The van der Waals surface area contributed by atoms with E-state index < -0.39 is 0 Å². The van der Waals surface area contributed by atoms with Gasteiger partial charge in [-0.1, -0.05) is 35.5 Å². The summed E-state index contributed by atoms with van der Waals surface area (Å²) in [5, 5.41) is 28.0. The lowest BCUT2D eigenvalue weighted by Crippen LogP contribution is -1.86. The molecule has 0 aliphatic rings. The van der Waals surface area contributed by atoms with Crippen molar-refractivity contribution >= 4 is 29.4 Å². The molecule has 6 heteroatoms. The van der Waals surface area contributed by atoms with Gasteiger partial charge in [0.15, 0.2) is 0 Å². The fraction of sp³-hybridized carbons (Fsp3) is 0.0588. The first kappa shape index (κ1) is 16.8. The lowest BCUT2D eigenvalue weighted by molar-refractivity contribution is 0.405. The Morgan fingerprint density at radius 2 is 1.96 bits per heavy atom. The molecular formula is C17H11ClN2O2S. The van der Waals surface area contributed by atoms with Crippen molar-refractivity contribution in [2.75, 3.05) is 7.11 Å². The maximum atomic E-state index is 10.1. The van der Waals surface area contributed by atoms with Crippen molar-refractivity contribution in [1.29, 1.82) is 10.5 Å². The zero-order chi connectivity index (χ0) is 16.8. The van der Waals surface area contributed by atoms with Crippen molar-refractivity contribution in [1.82, 2.24) is 0 Å². The van der Waals surface area contributed by atoms with E-state index in [4.69, 9.17) is 26.9 Å². The first-order chi connectivity index (χ1) is 11.1. The Labute approximate surface area is 143 Å². The molecular weight excluding hydrogens is 332 g/mol. The minimum Gasteiger partial charge on any atom is -0.507 e. The highest BCUT2D eigenvalue weighted by Crippen LogP contribution is 2.39. The van der Waals surface area contributed by atoms with Gasteiger partial charge >= 0.3 is 0 Å². The summed E-state index contributed by atoms with van der Waals surface area (Å²) in [6.45, 7) is 0. The number of phenolic OH excluding ortho intramolecular Hbond substituents is 1. The molecule has 0 radical (unpaired) electrons. The predicted molar refractivity (Wildman–Crippen MR) is 89.4 cm³/mol. The Bertz CT molecular complexity index is 811. The molecule has 0 saturated heterocycles. The number of rotatable bonds is 4. The number of para-hydroxylation sites is 1. The van der Waals surface area contributed by atoms with Crippen LogP contribution in [0.4, 0.5) is 0 Å². The van der Waals surface area contributed by atoms with Crippen LogP contribution >= 0.6 is 23.4 Å². The maximum Gasteiger partial charge on any atom is 0.132 e. The molecule has 4 nitrogen and oxygen atoms in total. The molecule has 2 aromatic rings. The third-order valence-corrected chi connectivity index (χ3v) is 4.25.